The third-order valence-corrected chi connectivity index (χ3v) is 7.17. The summed E-state index contributed by atoms with van der Waals surface area (Å²) in [5, 5.41) is 2.82. The minimum atomic E-state index is -3.74. The molecule has 1 saturated heterocycles. The fourth-order valence-electron chi connectivity index (χ4n) is 3.60. The number of hydrogen-bond acceptors (Lipinski definition) is 6. The van der Waals surface area contributed by atoms with E-state index in [-0.39, 0.29) is 35.5 Å². The molecule has 0 saturated carbocycles. The largest absolute Gasteiger partial charge is 0.495 e. The zero-order chi connectivity index (χ0) is 21.1. The van der Waals surface area contributed by atoms with E-state index in [9.17, 15) is 13.2 Å². The van der Waals surface area contributed by atoms with Crippen LogP contribution in [-0.4, -0.2) is 45.6 Å². The molecule has 0 aliphatic carbocycles. The van der Waals surface area contributed by atoms with Gasteiger partial charge in [0.1, 0.15) is 10.6 Å². The highest BCUT2D eigenvalue weighted by molar-refractivity contribution is 7.89. The zero-order valence-corrected chi connectivity index (χ0v) is 17.5. The zero-order valence-electron chi connectivity index (χ0n) is 16.7. The molecular weight excluding hydrogens is 408 g/mol. The quantitative estimate of drug-likeness (QED) is 0.754. The van der Waals surface area contributed by atoms with Crippen LogP contribution in [0.15, 0.2) is 41.3 Å². The molecule has 30 heavy (non-hydrogen) atoms. The van der Waals surface area contributed by atoms with Gasteiger partial charge >= 0.3 is 0 Å². The first kappa shape index (κ1) is 20.5. The Kier molecular flexibility index (Phi) is 5.83. The summed E-state index contributed by atoms with van der Waals surface area (Å²) in [5.41, 5.74) is 1.11. The molecule has 0 atom stereocenters. The highest BCUT2D eigenvalue weighted by Crippen LogP contribution is 2.33. The monoisotopic (exact) mass is 432 g/mol. The molecule has 2 aliphatic rings. The summed E-state index contributed by atoms with van der Waals surface area (Å²) in [6, 6.07) is 9.91. The first-order valence-electron chi connectivity index (χ1n) is 9.84. The van der Waals surface area contributed by atoms with Gasteiger partial charge in [0.15, 0.2) is 11.5 Å². The molecule has 4 rings (SSSR count). The molecule has 2 aliphatic heterocycles. The molecule has 9 heteroatoms. The van der Waals surface area contributed by atoms with Crippen LogP contribution in [0.5, 0.6) is 17.2 Å². The number of methoxy groups -OCH3 is 1. The van der Waals surface area contributed by atoms with Crippen LogP contribution < -0.4 is 19.5 Å². The number of hydrogen-bond donors (Lipinski definition) is 1. The van der Waals surface area contributed by atoms with Crippen molar-refractivity contribution in [1.82, 2.24) is 9.62 Å². The molecule has 1 amide bonds. The van der Waals surface area contributed by atoms with E-state index in [0.717, 1.165) is 24.8 Å². The van der Waals surface area contributed by atoms with Crippen molar-refractivity contribution in [1.29, 1.82) is 0 Å². The highest BCUT2D eigenvalue weighted by atomic mass is 32.2. The molecule has 2 heterocycles. The standard InChI is InChI=1S/C21H24N2O6S/c1-27-18-8-6-16(12-20(18)30(25,26)23-9-3-2-4-10-23)21(24)22-13-15-5-7-17-19(11-15)29-14-28-17/h5-8,11-12H,2-4,9-10,13-14H2,1H3,(H,22,24). The Morgan fingerprint density at radius 2 is 1.83 bits per heavy atom. The minimum Gasteiger partial charge on any atom is -0.495 e. The van der Waals surface area contributed by atoms with Crippen LogP contribution in [0.25, 0.3) is 0 Å². The number of nitrogens with one attached hydrogen (secondary N) is 1. The van der Waals surface area contributed by atoms with Gasteiger partial charge in [0, 0.05) is 25.2 Å². The second-order valence-corrected chi connectivity index (χ2v) is 9.11. The maximum atomic E-state index is 13.1. The van der Waals surface area contributed by atoms with E-state index in [2.05, 4.69) is 5.32 Å². The molecule has 160 valence electrons. The lowest BCUT2D eigenvalue weighted by molar-refractivity contribution is 0.0950. The van der Waals surface area contributed by atoms with E-state index in [4.69, 9.17) is 14.2 Å². The first-order valence-corrected chi connectivity index (χ1v) is 11.3. The summed E-state index contributed by atoms with van der Waals surface area (Å²) in [4.78, 5) is 12.7. The Labute approximate surface area is 175 Å². The van der Waals surface area contributed by atoms with Crippen molar-refractivity contribution in [3.05, 3.63) is 47.5 Å². The molecular formula is C21H24N2O6S. The summed E-state index contributed by atoms with van der Waals surface area (Å²) in [6.07, 6.45) is 2.68. The second kappa shape index (κ2) is 8.53. The molecule has 2 aromatic carbocycles. The Morgan fingerprint density at radius 3 is 2.60 bits per heavy atom. The summed E-state index contributed by atoms with van der Waals surface area (Å²) >= 11 is 0. The van der Waals surface area contributed by atoms with Gasteiger partial charge in [-0.1, -0.05) is 12.5 Å². The van der Waals surface area contributed by atoms with Gasteiger partial charge in [0.25, 0.3) is 5.91 Å². The average molecular weight is 432 g/mol. The Morgan fingerprint density at radius 1 is 1.07 bits per heavy atom. The van der Waals surface area contributed by atoms with Crippen molar-refractivity contribution in [2.75, 3.05) is 27.0 Å². The summed E-state index contributed by atoms with van der Waals surface area (Å²) < 4.78 is 43.6. The smallest absolute Gasteiger partial charge is 0.251 e. The number of amides is 1. The van der Waals surface area contributed by atoms with Crippen molar-refractivity contribution in [2.45, 2.75) is 30.7 Å². The van der Waals surface area contributed by atoms with Crippen LogP contribution in [0.2, 0.25) is 0 Å². The number of sulfonamides is 1. The number of rotatable bonds is 6. The van der Waals surface area contributed by atoms with Crippen LogP contribution in [-0.2, 0) is 16.6 Å². The number of benzene rings is 2. The number of carbonyl (C=O) groups is 1. The van der Waals surface area contributed by atoms with Crippen LogP contribution in [0, 0.1) is 0 Å². The van der Waals surface area contributed by atoms with Crippen molar-refractivity contribution < 1.29 is 27.4 Å². The van der Waals surface area contributed by atoms with Crippen LogP contribution >= 0.6 is 0 Å². The van der Waals surface area contributed by atoms with Gasteiger partial charge in [0.05, 0.1) is 7.11 Å². The maximum absolute atomic E-state index is 13.1. The van der Waals surface area contributed by atoms with E-state index in [1.54, 1.807) is 12.1 Å². The molecule has 0 radical (unpaired) electrons. The predicted molar refractivity (Wildman–Crippen MR) is 109 cm³/mol. The van der Waals surface area contributed by atoms with Gasteiger partial charge < -0.3 is 19.5 Å². The predicted octanol–water partition coefficient (Wildman–Crippen LogP) is 2.53. The molecule has 2 aromatic rings. The lowest BCUT2D eigenvalue weighted by Gasteiger charge is -2.26. The lowest BCUT2D eigenvalue weighted by atomic mass is 10.1. The third kappa shape index (κ3) is 4.08. The van der Waals surface area contributed by atoms with Gasteiger partial charge in [0.2, 0.25) is 16.8 Å². The number of fused-ring (bicyclic) bond motifs is 1. The summed E-state index contributed by atoms with van der Waals surface area (Å²) in [7, 11) is -2.32. The fraction of sp³-hybridized carbons (Fsp3) is 0.381. The average Bonchev–Trinajstić information content (AvgIpc) is 3.25. The normalized spacial score (nSPS) is 16.3. The van der Waals surface area contributed by atoms with E-state index in [1.807, 2.05) is 12.1 Å². The SMILES string of the molecule is COc1ccc(C(=O)NCc2ccc3c(c2)OCO3)cc1S(=O)(=O)N1CCCCC1. The van der Waals surface area contributed by atoms with Gasteiger partial charge in [-0.2, -0.15) is 4.31 Å². The third-order valence-electron chi connectivity index (χ3n) is 5.25. The van der Waals surface area contributed by atoms with Crippen LogP contribution in [0.4, 0.5) is 0 Å². The molecule has 8 nitrogen and oxygen atoms in total. The molecule has 0 bridgehead atoms. The Bertz CT molecular complexity index is 1050. The van der Waals surface area contributed by atoms with Gasteiger partial charge in [-0.25, -0.2) is 8.42 Å². The molecule has 0 spiro atoms. The number of carbonyl (C=O) groups excluding carboxylic acids is 1. The second-order valence-electron chi connectivity index (χ2n) is 7.20. The summed E-state index contributed by atoms with van der Waals surface area (Å²) in [5.74, 6) is 1.17. The molecule has 1 N–H and O–H groups in total. The topological polar surface area (TPSA) is 94.2 Å². The van der Waals surface area contributed by atoms with Gasteiger partial charge in [-0.05, 0) is 48.7 Å². The number of nitrogens with zero attached hydrogens (tertiary/aromatic N) is 1. The van der Waals surface area contributed by atoms with E-state index in [0.29, 0.717) is 24.6 Å². The van der Waals surface area contributed by atoms with Crippen LogP contribution in [0.3, 0.4) is 0 Å². The van der Waals surface area contributed by atoms with Crippen LogP contribution in [0.1, 0.15) is 35.2 Å². The maximum Gasteiger partial charge on any atom is 0.251 e. The molecule has 0 aromatic heterocycles. The summed E-state index contributed by atoms with van der Waals surface area (Å²) in [6.45, 7) is 1.42. The van der Waals surface area contributed by atoms with Crippen molar-refractivity contribution in [2.24, 2.45) is 0 Å². The lowest BCUT2D eigenvalue weighted by Crippen LogP contribution is -2.36. The fourth-order valence-corrected chi connectivity index (χ4v) is 5.30. The minimum absolute atomic E-state index is 0.0163. The highest BCUT2D eigenvalue weighted by Gasteiger charge is 2.29. The van der Waals surface area contributed by atoms with E-state index < -0.39 is 10.0 Å². The molecule has 0 unspecified atom stereocenters. The Balaban J connectivity index is 1.52. The number of piperidine rings is 1. The van der Waals surface area contributed by atoms with Crippen molar-refractivity contribution in [3.8, 4) is 17.2 Å². The molecule has 1 fully saturated rings. The Hall–Kier alpha value is -2.78. The first-order chi connectivity index (χ1) is 14.5. The number of ether oxygens (including phenoxy) is 3. The van der Waals surface area contributed by atoms with Crippen molar-refractivity contribution in [3.63, 3.8) is 0 Å². The van der Waals surface area contributed by atoms with Gasteiger partial charge in [-0.3, -0.25) is 4.79 Å². The van der Waals surface area contributed by atoms with E-state index in [1.165, 1.54) is 23.5 Å². The van der Waals surface area contributed by atoms with Crippen molar-refractivity contribution >= 4 is 15.9 Å². The van der Waals surface area contributed by atoms with Gasteiger partial charge in [-0.15, -0.1) is 0 Å². The van der Waals surface area contributed by atoms with E-state index >= 15 is 0 Å².